The molecule has 6 rings (SSSR count). The number of nitrogens with one attached hydrogen (secondary N) is 2. The molecule has 0 aliphatic rings. The Labute approximate surface area is 158 Å². The first kappa shape index (κ1) is 14.8. The molecular weight excluding hydrogens is 344 g/mol. The number of rotatable bonds is 2. The van der Waals surface area contributed by atoms with E-state index in [2.05, 4.69) is 94.9 Å². The third-order valence-corrected chi connectivity index (χ3v) is 7.04. The van der Waals surface area contributed by atoms with E-state index in [1.165, 1.54) is 54.0 Å². The lowest BCUT2D eigenvalue weighted by Gasteiger charge is -2.05. The maximum Gasteiger partial charge on any atom is 0.109 e. The zero-order valence-electron chi connectivity index (χ0n) is 14.7. The van der Waals surface area contributed by atoms with Crippen LogP contribution in [0, 0.1) is 0 Å². The van der Waals surface area contributed by atoms with Crippen molar-refractivity contribution < 1.29 is 0 Å². The Balaban J connectivity index is 1.57. The number of H-pyrrole nitrogens is 2. The normalized spacial score (nSPS) is 11.9. The van der Waals surface area contributed by atoms with Crippen molar-refractivity contribution in [2.45, 2.75) is 0 Å². The fraction of sp³-hybridized carbons (Fsp3) is 0. The van der Waals surface area contributed by atoms with E-state index in [4.69, 9.17) is 0 Å². The van der Waals surface area contributed by atoms with Crippen molar-refractivity contribution in [1.82, 2.24) is 9.97 Å². The predicted octanol–water partition coefficient (Wildman–Crippen LogP) is 4.34. The smallest absolute Gasteiger partial charge is 0.109 e. The number of aromatic nitrogens is 2. The van der Waals surface area contributed by atoms with Crippen molar-refractivity contribution in [3.63, 3.8) is 0 Å². The van der Waals surface area contributed by atoms with Crippen LogP contribution in [0.5, 0.6) is 0 Å². The average Bonchev–Trinajstić information content (AvgIpc) is 3.28. The molecule has 2 heterocycles. The Bertz CT molecular complexity index is 1340. The summed E-state index contributed by atoms with van der Waals surface area (Å²) >= 11 is 0. The van der Waals surface area contributed by atoms with Crippen molar-refractivity contribution >= 4 is 63.5 Å². The molecule has 0 fully saturated rings. The molecule has 0 aliphatic carbocycles. The molecule has 0 saturated carbocycles. The quantitative estimate of drug-likeness (QED) is 0.430. The van der Waals surface area contributed by atoms with Gasteiger partial charge in [0, 0.05) is 43.6 Å². The first-order chi connectivity index (χ1) is 13.4. The van der Waals surface area contributed by atoms with Crippen LogP contribution in [0.25, 0.3) is 43.6 Å². The number of benzene rings is 4. The summed E-state index contributed by atoms with van der Waals surface area (Å²) in [4.78, 5) is 7.30. The maximum absolute atomic E-state index is 3.65. The van der Waals surface area contributed by atoms with E-state index in [9.17, 15) is 0 Å². The number of para-hydroxylation sites is 4. The molecule has 0 unspecified atom stereocenters. The highest BCUT2D eigenvalue weighted by molar-refractivity contribution is 6.72. The summed E-state index contributed by atoms with van der Waals surface area (Å²) in [5, 5.41) is 8.07. The SMILES string of the molecule is c1ccc2c(c1)[nH]c1c([SiH]c3cccc4c3[nH]c3ccccc34)cccc12. The predicted molar refractivity (Wildman–Crippen MR) is 118 cm³/mol. The average molecular weight is 362 g/mol. The fourth-order valence-corrected chi connectivity index (χ4v) is 5.69. The highest BCUT2D eigenvalue weighted by atomic mass is 28.2. The van der Waals surface area contributed by atoms with E-state index in [1.807, 2.05) is 0 Å². The van der Waals surface area contributed by atoms with E-state index in [0.717, 1.165) is 0 Å². The fourth-order valence-electron chi connectivity index (χ4n) is 4.20. The van der Waals surface area contributed by atoms with Crippen LogP contribution in [-0.4, -0.2) is 19.5 Å². The largest absolute Gasteiger partial charge is 0.355 e. The number of hydrogen-bond acceptors (Lipinski definition) is 0. The second kappa shape index (κ2) is 5.60. The van der Waals surface area contributed by atoms with E-state index >= 15 is 0 Å². The van der Waals surface area contributed by atoms with Crippen molar-refractivity contribution in [3.05, 3.63) is 84.9 Å². The molecule has 0 bridgehead atoms. The van der Waals surface area contributed by atoms with E-state index in [-0.39, 0.29) is 9.52 Å². The number of aromatic amines is 2. The summed E-state index contributed by atoms with van der Waals surface area (Å²) in [6, 6.07) is 30.5. The van der Waals surface area contributed by atoms with E-state index in [1.54, 1.807) is 0 Å². The summed E-state index contributed by atoms with van der Waals surface area (Å²) < 4.78 is 0. The van der Waals surface area contributed by atoms with E-state index < -0.39 is 0 Å². The minimum atomic E-state index is -0.0202. The standard InChI is InChI=1S/C24H17N2Si/c1-3-11-19-15(7-1)17-9-5-13-21(23(17)25-19)27-22-14-6-10-18-16-8-2-4-12-20(16)26-24(18)22/h1-14,25-27H. The molecular formula is C24H17N2Si. The molecule has 0 amide bonds. The molecule has 4 aromatic carbocycles. The number of fused-ring (bicyclic) bond motifs is 6. The third kappa shape index (κ3) is 2.19. The Morgan fingerprint density at radius 2 is 0.889 bits per heavy atom. The highest BCUT2D eigenvalue weighted by Gasteiger charge is 2.12. The molecule has 0 saturated heterocycles. The lowest BCUT2D eigenvalue weighted by Crippen LogP contribution is -2.28. The Kier molecular flexibility index (Phi) is 3.07. The van der Waals surface area contributed by atoms with Gasteiger partial charge in [-0.15, -0.1) is 0 Å². The van der Waals surface area contributed by atoms with Gasteiger partial charge in [-0.05, 0) is 22.5 Å². The second-order valence-electron chi connectivity index (χ2n) is 7.03. The first-order valence-electron chi connectivity index (χ1n) is 9.22. The van der Waals surface area contributed by atoms with Gasteiger partial charge in [0.25, 0.3) is 0 Å². The van der Waals surface area contributed by atoms with Gasteiger partial charge in [0.2, 0.25) is 0 Å². The monoisotopic (exact) mass is 361 g/mol. The van der Waals surface area contributed by atoms with Gasteiger partial charge >= 0.3 is 0 Å². The van der Waals surface area contributed by atoms with Crippen LogP contribution < -0.4 is 10.4 Å². The van der Waals surface area contributed by atoms with Gasteiger partial charge < -0.3 is 9.97 Å². The molecule has 1 radical (unpaired) electrons. The Morgan fingerprint density at radius 1 is 0.444 bits per heavy atom. The van der Waals surface area contributed by atoms with Gasteiger partial charge in [-0.1, -0.05) is 72.8 Å². The summed E-state index contributed by atoms with van der Waals surface area (Å²) in [5.41, 5.74) is 4.98. The van der Waals surface area contributed by atoms with Gasteiger partial charge in [0.05, 0.1) is 0 Å². The van der Waals surface area contributed by atoms with Crippen LogP contribution >= 0.6 is 0 Å². The molecule has 127 valence electrons. The molecule has 0 aliphatic heterocycles. The van der Waals surface area contributed by atoms with Crippen molar-refractivity contribution in [3.8, 4) is 0 Å². The minimum absolute atomic E-state index is 0.0202. The van der Waals surface area contributed by atoms with Crippen LogP contribution in [0.15, 0.2) is 84.9 Å². The molecule has 0 spiro atoms. The molecule has 2 N–H and O–H groups in total. The first-order valence-corrected chi connectivity index (χ1v) is 10.4. The molecule has 0 atom stereocenters. The van der Waals surface area contributed by atoms with Gasteiger partial charge in [-0.3, -0.25) is 0 Å². The zero-order valence-corrected chi connectivity index (χ0v) is 15.8. The lowest BCUT2D eigenvalue weighted by molar-refractivity contribution is 1.55. The van der Waals surface area contributed by atoms with Gasteiger partial charge in [-0.2, -0.15) is 0 Å². The Hall–Kier alpha value is -3.30. The molecule has 27 heavy (non-hydrogen) atoms. The third-order valence-electron chi connectivity index (χ3n) is 5.46. The summed E-state index contributed by atoms with van der Waals surface area (Å²) in [6.45, 7) is 0. The van der Waals surface area contributed by atoms with E-state index in [0.29, 0.717) is 0 Å². The molecule has 2 aromatic heterocycles. The molecule has 2 nitrogen and oxygen atoms in total. The summed E-state index contributed by atoms with van der Waals surface area (Å²) in [6.07, 6.45) is 0. The van der Waals surface area contributed by atoms with Crippen LogP contribution in [0.2, 0.25) is 0 Å². The van der Waals surface area contributed by atoms with Crippen LogP contribution in [0.1, 0.15) is 0 Å². The second-order valence-corrected chi connectivity index (χ2v) is 8.56. The van der Waals surface area contributed by atoms with Gasteiger partial charge in [0.15, 0.2) is 0 Å². The van der Waals surface area contributed by atoms with Crippen molar-refractivity contribution in [1.29, 1.82) is 0 Å². The van der Waals surface area contributed by atoms with Gasteiger partial charge in [-0.25, -0.2) is 0 Å². The molecule has 6 aromatic rings. The van der Waals surface area contributed by atoms with Crippen LogP contribution in [0.4, 0.5) is 0 Å². The minimum Gasteiger partial charge on any atom is -0.355 e. The molecule has 3 heteroatoms. The number of hydrogen-bond donors (Lipinski definition) is 2. The van der Waals surface area contributed by atoms with Crippen LogP contribution in [0.3, 0.4) is 0 Å². The van der Waals surface area contributed by atoms with Crippen LogP contribution in [-0.2, 0) is 0 Å². The maximum atomic E-state index is 3.65. The zero-order chi connectivity index (χ0) is 17.8. The summed E-state index contributed by atoms with van der Waals surface area (Å²) in [7, 11) is -0.0202. The topological polar surface area (TPSA) is 31.6 Å². The van der Waals surface area contributed by atoms with Gasteiger partial charge in [0.1, 0.15) is 9.52 Å². The van der Waals surface area contributed by atoms with Crippen molar-refractivity contribution in [2.24, 2.45) is 0 Å². The lowest BCUT2D eigenvalue weighted by atomic mass is 10.1. The van der Waals surface area contributed by atoms with Crippen molar-refractivity contribution in [2.75, 3.05) is 0 Å². The highest BCUT2D eigenvalue weighted by Crippen LogP contribution is 2.25. The summed E-state index contributed by atoms with van der Waals surface area (Å²) in [5.74, 6) is 0. The Morgan fingerprint density at radius 3 is 1.41 bits per heavy atom.